The van der Waals surface area contributed by atoms with Crippen molar-refractivity contribution < 1.29 is 28.8 Å². The summed E-state index contributed by atoms with van der Waals surface area (Å²) in [5.74, 6) is -3.28. The number of Topliss-reactive ketones (excluding diaryl/α,β-unsaturated/α-hetero) is 2. The summed E-state index contributed by atoms with van der Waals surface area (Å²) in [6.45, 7) is 13.4. The average molecular weight is 611 g/mol. The minimum atomic E-state index is -1.11. The first kappa shape index (κ1) is 33.1. The monoisotopic (exact) mass is 610 g/mol. The lowest BCUT2D eigenvalue weighted by atomic mass is 9.85. The van der Waals surface area contributed by atoms with Crippen molar-refractivity contribution in [1.29, 1.82) is 0 Å². The molecule has 1 saturated heterocycles. The Kier molecular flexibility index (Phi) is 9.23. The summed E-state index contributed by atoms with van der Waals surface area (Å²) >= 11 is 0. The van der Waals surface area contributed by atoms with Crippen molar-refractivity contribution in [2.75, 3.05) is 6.54 Å². The van der Waals surface area contributed by atoms with E-state index in [4.69, 9.17) is 5.73 Å². The van der Waals surface area contributed by atoms with Crippen LogP contribution in [0.3, 0.4) is 0 Å². The number of likely N-dealkylation sites (tertiary alicyclic amines) is 1. The molecule has 1 unspecified atom stereocenters. The van der Waals surface area contributed by atoms with E-state index in [0.717, 1.165) is 12.8 Å². The van der Waals surface area contributed by atoms with Gasteiger partial charge in [-0.25, -0.2) is 4.79 Å². The molecule has 3 aliphatic rings. The molecule has 2 heterocycles. The summed E-state index contributed by atoms with van der Waals surface area (Å²) in [5, 5.41) is 8.28. The molecule has 5 amide bonds. The molecule has 2 aliphatic carbocycles. The zero-order chi connectivity index (χ0) is 32.7. The molecule has 0 aromatic carbocycles. The Bertz CT molecular complexity index is 1320. The smallest absolute Gasteiger partial charge is 0.316 e. The van der Waals surface area contributed by atoms with Gasteiger partial charge < -0.3 is 26.6 Å². The highest BCUT2D eigenvalue weighted by Crippen LogP contribution is 2.65. The maximum atomic E-state index is 14.2. The third kappa shape index (κ3) is 6.94. The Morgan fingerprint density at radius 2 is 1.73 bits per heavy atom. The highest BCUT2D eigenvalue weighted by molar-refractivity contribution is 6.37. The van der Waals surface area contributed by atoms with E-state index in [1.165, 1.54) is 11.1 Å². The van der Waals surface area contributed by atoms with Gasteiger partial charge in [0.1, 0.15) is 12.1 Å². The van der Waals surface area contributed by atoms with E-state index >= 15 is 0 Å². The lowest BCUT2D eigenvalue weighted by molar-refractivity contribution is -0.145. The van der Waals surface area contributed by atoms with Crippen LogP contribution in [-0.4, -0.2) is 75.9 Å². The first-order valence-corrected chi connectivity index (χ1v) is 15.4. The highest BCUT2D eigenvalue weighted by atomic mass is 16.2. The SMILES string of the molecule is CC(C)[C@H](NC(=O)N[C@H](C(=O)N1C[C@H]2[C@@H]([C@H]1C(=O)NC(CC1CC1)C(=O)C(N)=O)C2(C)C)C(C)(C)C)C(=O)c1cccnc1. The fraction of sp³-hybridized carbons (Fsp3) is 0.656. The van der Waals surface area contributed by atoms with Crippen molar-refractivity contribution in [3.05, 3.63) is 30.1 Å². The summed E-state index contributed by atoms with van der Waals surface area (Å²) < 4.78 is 0. The summed E-state index contributed by atoms with van der Waals surface area (Å²) in [7, 11) is 0. The van der Waals surface area contributed by atoms with Crippen molar-refractivity contribution in [2.45, 2.75) is 91.9 Å². The topological polar surface area (TPSA) is 181 Å². The second-order valence-corrected chi connectivity index (χ2v) is 14.6. The second kappa shape index (κ2) is 12.3. The predicted molar refractivity (Wildman–Crippen MR) is 162 cm³/mol. The van der Waals surface area contributed by atoms with Crippen LogP contribution in [0.2, 0.25) is 0 Å². The number of nitrogens with two attached hydrogens (primary N) is 1. The van der Waals surface area contributed by atoms with Crippen LogP contribution < -0.4 is 21.7 Å². The zero-order valence-corrected chi connectivity index (χ0v) is 26.7. The number of pyridine rings is 1. The molecule has 1 aromatic heterocycles. The number of urea groups is 1. The average Bonchev–Trinajstić information content (AvgIpc) is 3.80. The molecule has 0 bridgehead atoms. The number of rotatable bonds is 12. The highest BCUT2D eigenvalue weighted by Gasteiger charge is 2.70. The lowest BCUT2D eigenvalue weighted by Crippen LogP contribution is -2.62. The molecule has 1 aromatic rings. The number of nitrogens with zero attached hydrogens (tertiary/aromatic N) is 2. The molecule has 4 rings (SSSR count). The number of piperidine rings is 1. The van der Waals surface area contributed by atoms with E-state index < -0.39 is 59.1 Å². The molecule has 5 N–H and O–H groups in total. The summed E-state index contributed by atoms with van der Waals surface area (Å²) in [6, 6.07) is -1.23. The molecule has 240 valence electrons. The van der Waals surface area contributed by atoms with E-state index in [1.54, 1.807) is 18.3 Å². The van der Waals surface area contributed by atoms with Crippen molar-refractivity contribution in [1.82, 2.24) is 25.8 Å². The van der Waals surface area contributed by atoms with Gasteiger partial charge in [0.2, 0.25) is 17.6 Å². The van der Waals surface area contributed by atoms with Crippen molar-refractivity contribution in [3.8, 4) is 0 Å². The van der Waals surface area contributed by atoms with Gasteiger partial charge in [0.15, 0.2) is 5.78 Å². The van der Waals surface area contributed by atoms with E-state index in [-0.39, 0.29) is 34.9 Å². The molecule has 44 heavy (non-hydrogen) atoms. The third-order valence-corrected chi connectivity index (χ3v) is 9.47. The van der Waals surface area contributed by atoms with Crippen LogP contribution >= 0.6 is 0 Å². The third-order valence-electron chi connectivity index (χ3n) is 9.47. The molecular weight excluding hydrogens is 564 g/mol. The maximum Gasteiger partial charge on any atom is 0.316 e. The quantitative estimate of drug-likeness (QED) is 0.206. The van der Waals surface area contributed by atoms with Crippen molar-refractivity contribution in [3.63, 3.8) is 0 Å². The largest absolute Gasteiger partial charge is 0.363 e. The maximum absolute atomic E-state index is 14.2. The van der Waals surface area contributed by atoms with E-state index in [1.807, 2.05) is 48.5 Å². The predicted octanol–water partition coefficient (Wildman–Crippen LogP) is 1.83. The first-order valence-electron chi connectivity index (χ1n) is 15.4. The molecule has 0 radical (unpaired) electrons. The molecule has 12 heteroatoms. The Hall–Kier alpha value is -3.83. The van der Waals surface area contributed by atoms with E-state index in [0.29, 0.717) is 18.5 Å². The van der Waals surface area contributed by atoms with Crippen LogP contribution in [-0.2, 0) is 19.2 Å². The zero-order valence-electron chi connectivity index (χ0n) is 26.7. The van der Waals surface area contributed by atoms with Crippen LogP contribution in [0.1, 0.15) is 78.1 Å². The Balaban J connectivity index is 1.53. The number of aromatic nitrogens is 1. The van der Waals surface area contributed by atoms with Gasteiger partial charge in [-0.15, -0.1) is 0 Å². The lowest BCUT2D eigenvalue weighted by Gasteiger charge is -2.38. The Labute approximate surface area is 258 Å². The minimum Gasteiger partial charge on any atom is -0.363 e. The number of hydrogen-bond acceptors (Lipinski definition) is 7. The van der Waals surface area contributed by atoms with Crippen molar-refractivity contribution >= 4 is 35.3 Å². The van der Waals surface area contributed by atoms with Crippen LogP contribution in [0.25, 0.3) is 0 Å². The molecule has 1 aliphatic heterocycles. The Morgan fingerprint density at radius 3 is 2.25 bits per heavy atom. The summed E-state index contributed by atoms with van der Waals surface area (Å²) in [5.41, 5.74) is 4.69. The molecule has 3 fully saturated rings. The van der Waals surface area contributed by atoms with Crippen molar-refractivity contribution in [2.24, 2.45) is 40.2 Å². The summed E-state index contributed by atoms with van der Waals surface area (Å²) in [6.07, 6.45) is 5.15. The van der Waals surface area contributed by atoms with Crippen LogP contribution in [0.4, 0.5) is 4.79 Å². The minimum absolute atomic E-state index is 0.0628. The number of nitrogens with one attached hydrogen (secondary N) is 3. The fourth-order valence-electron chi connectivity index (χ4n) is 6.51. The molecule has 6 atom stereocenters. The van der Waals surface area contributed by atoms with Gasteiger partial charge in [0.25, 0.3) is 5.91 Å². The number of carbonyl (C=O) groups is 6. The summed E-state index contributed by atoms with van der Waals surface area (Å²) in [4.78, 5) is 84.3. The van der Waals surface area contributed by atoms with Crippen LogP contribution in [0, 0.1) is 34.5 Å². The number of amides is 5. The molecular formula is C32H46N6O6. The van der Waals surface area contributed by atoms with Crippen LogP contribution in [0.5, 0.6) is 0 Å². The number of ketones is 2. The van der Waals surface area contributed by atoms with Gasteiger partial charge in [-0.2, -0.15) is 0 Å². The number of hydrogen-bond donors (Lipinski definition) is 4. The van der Waals surface area contributed by atoms with E-state index in [2.05, 4.69) is 20.9 Å². The molecule has 0 spiro atoms. The van der Waals surface area contributed by atoms with Crippen LogP contribution in [0.15, 0.2) is 24.5 Å². The van der Waals surface area contributed by atoms with Gasteiger partial charge in [0.05, 0.1) is 12.1 Å². The number of primary amides is 1. The molecule has 2 saturated carbocycles. The number of carbonyl (C=O) groups excluding carboxylic acids is 6. The van der Waals surface area contributed by atoms with Gasteiger partial charge in [-0.1, -0.05) is 61.3 Å². The van der Waals surface area contributed by atoms with Gasteiger partial charge in [-0.05, 0) is 53.1 Å². The number of fused-ring (bicyclic) bond motifs is 1. The van der Waals surface area contributed by atoms with Gasteiger partial charge >= 0.3 is 6.03 Å². The first-order chi connectivity index (χ1) is 20.4. The molecule has 12 nitrogen and oxygen atoms in total. The second-order valence-electron chi connectivity index (χ2n) is 14.6. The van der Waals surface area contributed by atoms with E-state index in [9.17, 15) is 28.8 Å². The normalized spacial score (nSPS) is 24.0. The fourth-order valence-corrected chi connectivity index (χ4v) is 6.51. The Morgan fingerprint density at radius 1 is 1.07 bits per heavy atom. The van der Waals surface area contributed by atoms with Gasteiger partial charge in [0, 0.05) is 24.5 Å². The standard InChI is InChI=1S/C32H46N6O6/c1-16(2)22(24(39)18-9-8-12-34-14-18)36-30(44)37-26(31(3,4)5)29(43)38-15-19-21(32(19,6)7)23(38)28(42)35-20(13-17-10-11-17)25(40)27(33)41/h8-9,12,14,16-17,19-23,26H,10-11,13,15H2,1-7H3,(H2,33,41)(H,35,42)(H2,36,37,44)/t19-,20?,21-,22-,23-,26+/m0/s1. The van der Waals surface area contributed by atoms with Gasteiger partial charge in [-0.3, -0.25) is 29.0 Å².